The van der Waals surface area contributed by atoms with Gasteiger partial charge in [-0.25, -0.2) is 0 Å². The molecule has 0 amide bonds. The molecule has 0 radical (unpaired) electrons. The topological polar surface area (TPSA) is 49.3 Å². The molecule has 0 aliphatic heterocycles. The van der Waals surface area contributed by atoms with Gasteiger partial charge in [-0.3, -0.25) is 4.79 Å². The summed E-state index contributed by atoms with van der Waals surface area (Å²) in [5.41, 5.74) is -0.608. The number of carboxylic acids is 1. The van der Waals surface area contributed by atoms with Crippen molar-refractivity contribution < 1.29 is 9.90 Å². The van der Waals surface area contributed by atoms with Gasteiger partial charge in [0.25, 0.3) is 0 Å². The second-order valence-corrected chi connectivity index (χ2v) is 5.81. The highest BCUT2D eigenvalue weighted by atomic mass is 16.4. The Balaban J connectivity index is 2.06. The van der Waals surface area contributed by atoms with Crippen molar-refractivity contribution in [1.82, 2.24) is 5.32 Å². The van der Waals surface area contributed by atoms with Gasteiger partial charge in [-0.05, 0) is 52.5 Å². The van der Waals surface area contributed by atoms with Crippen molar-refractivity contribution in [3.63, 3.8) is 0 Å². The monoisotopic (exact) mass is 227 g/mol. The molecule has 0 aromatic carbocycles. The average molecular weight is 227 g/mol. The molecule has 0 aromatic heterocycles. The minimum atomic E-state index is -0.708. The molecular weight excluding hydrogens is 202 g/mol. The summed E-state index contributed by atoms with van der Waals surface area (Å²) in [6.45, 7) is 6.55. The third-order valence-corrected chi connectivity index (χ3v) is 3.53. The van der Waals surface area contributed by atoms with Crippen LogP contribution >= 0.6 is 0 Å². The maximum Gasteiger partial charge on any atom is 0.309 e. The van der Waals surface area contributed by atoms with Crippen LogP contribution in [-0.4, -0.2) is 23.7 Å². The van der Waals surface area contributed by atoms with Crippen LogP contribution in [-0.2, 0) is 4.79 Å². The highest BCUT2D eigenvalue weighted by Gasteiger charge is 2.26. The minimum Gasteiger partial charge on any atom is -0.481 e. The van der Waals surface area contributed by atoms with E-state index in [0.29, 0.717) is 12.5 Å². The second-order valence-electron chi connectivity index (χ2n) is 5.81. The van der Waals surface area contributed by atoms with Gasteiger partial charge in [0.2, 0.25) is 0 Å². The summed E-state index contributed by atoms with van der Waals surface area (Å²) in [5.74, 6) is 0.277. The lowest BCUT2D eigenvalue weighted by Crippen LogP contribution is -2.33. The Hall–Kier alpha value is -0.570. The summed E-state index contributed by atoms with van der Waals surface area (Å²) in [4.78, 5) is 10.9. The van der Waals surface area contributed by atoms with E-state index in [0.717, 1.165) is 12.5 Å². The van der Waals surface area contributed by atoms with Crippen LogP contribution in [0.1, 0.15) is 52.9 Å². The van der Waals surface area contributed by atoms with E-state index in [2.05, 4.69) is 12.2 Å². The largest absolute Gasteiger partial charge is 0.481 e. The number of aliphatic carboxylic acids is 1. The zero-order valence-electron chi connectivity index (χ0n) is 10.8. The summed E-state index contributed by atoms with van der Waals surface area (Å²) in [7, 11) is 0. The quantitative estimate of drug-likeness (QED) is 0.670. The highest BCUT2D eigenvalue weighted by molar-refractivity contribution is 5.73. The van der Waals surface area contributed by atoms with Crippen molar-refractivity contribution in [2.75, 3.05) is 6.54 Å². The predicted molar refractivity (Wildman–Crippen MR) is 65.5 cm³/mol. The van der Waals surface area contributed by atoms with E-state index in [1.54, 1.807) is 13.8 Å². The highest BCUT2D eigenvalue weighted by Crippen LogP contribution is 2.33. The molecule has 1 aliphatic carbocycles. The maximum atomic E-state index is 10.9. The van der Waals surface area contributed by atoms with Gasteiger partial charge >= 0.3 is 5.97 Å². The van der Waals surface area contributed by atoms with Gasteiger partial charge in [-0.2, -0.15) is 0 Å². The van der Waals surface area contributed by atoms with E-state index in [-0.39, 0.29) is 0 Å². The number of carbonyl (C=O) groups is 1. The fourth-order valence-electron chi connectivity index (χ4n) is 1.73. The maximum absolute atomic E-state index is 10.9. The van der Waals surface area contributed by atoms with E-state index in [4.69, 9.17) is 5.11 Å². The molecule has 1 unspecified atom stereocenters. The zero-order valence-corrected chi connectivity index (χ0v) is 10.8. The zero-order chi connectivity index (χ0) is 12.2. The Labute approximate surface area is 98.6 Å². The van der Waals surface area contributed by atoms with Crippen LogP contribution < -0.4 is 5.32 Å². The van der Waals surface area contributed by atoms with E-state index in [9.17, 15) is 4.79 Å². The van der Waals surface area contributed by atoms with Crippen LogP contribution in [0, 0.1) is 11.3 Å². The first-order chi connectivity index (χ1) is 7.42. The number of rotatable bonds is 8. The summed E-state index contributed by atoms with van der Waals surface area (Å²) >= 11 is 0. The molecule has 1 fully saturated rings. The van der Waals surface area contributed by atoms with E-state index < -0.39 is 11.4 Å². The van der Waals surface area contributed by atoms with Crippen molar-refractivity contribution in [3.8, 4) is 0 Å². The summed E-state index contributed by atoms with van der Waals surface area (Å²) < 4.78 is 0. The number of hydrogen-bond donors (Lipinski definition) is 2. The first-order valence-corrected chi connectivity index (χ1v) is 6.38. The van der Waals surface area contributed by atoms with Gasteiger partial charge in [0.1, 0.15) is 0 Å². The summed E-state index contributed by atoms with van der Waals surface area (Å²) in [5, 5.41) is 12.4. The van der Waals surface area contributed by atoms with E-state index in [1.165, 1.54) is 25.7 Å². The average Bonchev–Trinajstić information content (AvgIpc) is 2.97. The molecule has 0 spiro atoms. The Morgan fingerprint density at radius 2 is 2.12 bits per heavy atom. The molecule has 3 nitrogen and oxygen atoms in total. The second kappa shape index (κ2) is 5.67. The molecule has 1 aliphatic rings. The number of hydrogen-bond acceptors (Lipinski definition) is 2. The third-order valence-electron chi connectivity index (χ3n) is 3.53. The smallest absolute Gasteiger partial charge is 0.309 e. The Kier molecular flexibility index (Phi) is 4.78. The van der Waals surface area contributed by atoms with Crippen LogP contribution in [0.5, 0.6) is 0 Å². The van der Waals surface area contributed by atoms with Crippen molar-refractivity contribution >= 4 is 5.97 Å². The Bertz CT molecular complexity index is 234. The van der Waals surface area contributed by atoms with Crippen molar-refractivity contribution in [3.05, 3.63) is 0 Å². The van der Waals surface area contributed by atoms with Crippen LogP contribution in [0.4, 0.5) is 0 Å². The van der Waals surface area contributed by atoms with E-state index >= 15 is 0 Å². The van der Waals surface area contributed by atoms with Gasteiger partial charge in [-0.1, -0.05) is 12.8 Å². The van der Waals surface area contributed by atoms with Crippen molar-refractivity contribution in [2.45, 2.75) is 58.9 Å². The van der Waals surface area contributed by atoms with Gasteiger partial charge in [-0.15, -0.1) is 0 Å². The van der Waals surface area contributed by atoms with Crippen LogP contribution in [0.3, 0.4) is 0 Å². The summed E-state index contributed by atoms with van der Waals surface area (Å²) in [6, 6.07) is 0.519. The molecule has 2 N–H and O–H groups in total. The SMILES string of the molecule is CC(CCC1CC1)NCCC(C)(C)C(=O)O. The molecule has 0 bridgehead atoms. The lowest BCUT2D eigenvalue weighted by atomic mass is 9.89. The van der Waals surface area contributed by atoms with Gasteiger partial charge in [0.05, 0.1) is 5.41 Å². The molecule has 3 heteroatoms. The molecular formula is C13H25NO2. The first-order valence-electron chi connectivity index (χ1n) is 6.38. The number of carboxylic acid groups (broad SMARTS) is 1. The molecule has 1 saturated carbocycles. The number of nitrogens with one attached hydrogen (secondary N) is 1. The molecule has 0 saturated heterocycles. The lowest BCUT2D eigenvalue weighted by molar-refractivity contribution is -0.147. The molecule has 94 valence electrons. The molecule has 16 heavy (non-hydrogen) atoms. The third kappa shape index (κ3) is 4.97. The first kappa shape index (κ1) is 13.5. The molecule has 1 atom stereocenters. The minimum absolute atomic E-state index is 0.519. The van der Waals surface area contributed by atoms with Crippen LogP contribution in [0.2, 0.25) is 0 Å². The normalized spacial score (nSPS) is 18.4. The predicted octanol–water partition coefficient (Wildman–Crippen LogP) is 2.66. The fourth-order valence-corrected chi connectivity index (χ4v) is 1.73. The van der Waals surface area contributed by atoms with Crippen molar-refractivity contribution in [1.29, 1.82) is 0 Å². The Morgan fingerprint density at radius 3 is 2.62 bits per heavy atom. The Morgan fingerprint density at radius 1 is 1.50 bits per heavy atom. The van der Waals surface area contributed by atoms with Gasteiger partial charge in [0.15, 0.2) is 0 Å². The molecule has 0 aromatic rings. The van der Waals surface area contributed by atoms with Gasteiger partial charge in [0, 0.05) is 6.04 Å². The fraction of sp³-hybridized carbons (Fsp3) is 0.923. The lowest BCUT2D eigenvalue weighted by Gasteiger charge is -2.21. The van der Waals surface area contributed by atoms with Crippen LogP contribution in [0.15, 0.2) is 0 Å². The van der Waals surface area contributed by atoms with Crippen LogP contribution in [0.25, 0.3) is 0 Å². The van der Waals surface area contributed by atoms with E-state index in [1.807, 2.05) is 0 Å². The molecule has 1 rings (SSSR count). The molecule has 0 heterocycles. The summed E-state index contributed by atoms with van der Waals surface area (Å²) in [6.07, 6.45) is 6.07. The van der Waals surface area contributed by atoms with Gasteiger partial charge < -0.3 is 10.4 Å². The van der Waals surface area contributed by atoms with Crippen molar-refractivity contribution in [2.24, 2.45) is 11.3 Å². The standard InChI is InChI=1S/C13H25NO2/c1-10(4-5-11-6-7-11)14-9-8-13(2,3)12(15)16/h10-11,14H,4-9H2,1-3H3,(H,15,16).